The molecule has 0 unspecified atom stereocenters. The predicted molar refractivity (Wildman–Crippen MR) is 66.6 cm³/mol. The molecule has 0 atom stereocenters. The van der Waals surface area contributed by atoms with Gasteiger partial charge in [0.25, 0.3) is 0 Å². The summed E-state index contributed by atoms with van der Waals surface area (Å²) in [5.41, 5.74) is 1.27. The minimum atomic E-state index is 0.138. The minimum absolute atomic E-state index is 0.138. The first-order valence-corrected chi connectivity index (χ1v) is 6.18. The maximum absolute atomic E-state index is 4.37. The van der Waals surface area contributed by atoms with E-state index in [1.54, 1.807) is 6.33 Å². The summed E-state index contributed by atoms with van der Waals surface area (Å²) in [5, 5.41) is 3.39. The first kappa shape index (κ1) is 11.4. The highest BCUT2D eigenvalue weighted by molar-refractivity contribution is 5.37. The van der Waals surface area contributed by atoms with Gasteiger partial charge in [0.1, 0.15) is 12.1 Å². The van der Waals surface area contributed by atoms with E-state index in [-0.39, 0.29) is 5.41 Å². The molecular formula is C13H21N3. The number of aromatic nitrogens is 2. The molecule has 1 fully saturated rings. The fraction of sp³-hybridized carbons (Fsp3) is 0.692. The molecule has 16 heavy (non-hydrogen) atoms. The van der Waals surface area contributed by atoms with Gasteiger partial charge in [0.15, 0.2) is 0 Å². The van der Waals surface area contributed by atoms with E-state index in [1.807, 2.05) is 0 Å². The van der Waals surface area contributed by atoms with Crippen molar-refractivity contribution in [2.75, 3.05) is 11.9 Å². The third-order valence-corrected chi connectivity index (χ3v) is 3.51. The van der Waals surface area contributed by atoms with Crippen LogP contribution in [0.15, 0.2) is 12.4 Å². The number of hydrogen-bond acceptors (Lipinski definition) is 3. The van der Waals surface area contributed by atoms with Crippen molar-refractivity contribution >= 4 is 5.82 Å². The van der Waals surface area contributed by atoms with E-state index in [2.05, 4.69) is 42.1 Å². The Kier molecular flexibility index (Phi) is 3.13. The highest BCUT2D eigenvalue weighted by Gasteiger charge is 2.22. The second-order valence-corrected chi connectivity index (χ2v) is 5.35. The van der Waals surface area contributed by atoms with E-state index < -0.39 is 0 Å². The summed E-state index contributed by atoms with van der Waals surface area (Å²) in [4.78, 5) is 8.64. The van der Waals surface area contributed by atoms with Gasteiger partial charge >= 0.3 is 0 Å². The normalized spacial score (nSPS) is 16.2. The lowest BCUT2D eigenvalue weighted by Crippen LogP contribution is -2.18. The molecule has 0 aliphatic heterocycles. The van der Waals surface area contributed by atoms with Gasteiger partial charge in [-0.2, -0.15) is 0 Å². The standard InChI is InChI=1S/C13H21N3/c1-4-13(2,3)11-7-12(16-9-15-11)14-8-10-5-6-10/h7,9-10H,4-6,8H2,1-3H3,(H,14,15,16). The lowest BCUT2D eigenvalue weighted by atomic mass is 9.86. The molecule has 0 bridgehead atoms. The van der Waals surface area contributed by atoms with Crippen LogP contribution in [0, 0.1) is 5.92 Å². The Balaban J connectivity index is 2.05. The molecule has 3 nitrogen and oxygen atoms in total. The quantitative estimate of drug-likeness (QED) is 0.827. The SMILES string of the molecule is CCC(C)(C)c1cc(NCC2CC2)ncn1. The van der Waals surface area contributed by atoms with Crippen LogP contribution in [0.1, 0.15) is 45.7 Å². The highest BCUT2D eigenvalue weighted by Crippen LogP contribution is 2.29. The van der Waals surface area contributed by atoms with Crippen LogP contribution in [0.2, 0.25) is 0 Å². The zero-order valence-electron chi connectivity index (χ0n) is 10.5. The van der Waals surface area contributed by atoms with Gasteiger partial charge < -0.3 is 5.32 Å². The molecule has 88 valence electrons. The van der Waals surface area contributed by atoms with Gasteiger partial charge in [-0.05, 0) is 25.2 Å². The van der Waals surface area contributed by atoms with E-state index in [0.717, 1.165) is 30.4 Å². The van der Waals surface area contributed by atoms with Crippen LogP contribution in [0.5, 0.6) is 0 Å². The van der Waals surface area contributed by atoms with Crippen LogP contribution in [0.3, 0.4) is 0 Å². The lowest BCUT2D eigenvalue weighted by molar-refractivity contribution is 0.489. The van der Waals surface area contributed by atoms with Crippen LogP contribution in [0.25, 0.3) is 0 Å². The summed E-state index contributed by atoms with van der Waals surface area (Å²) in [6, 6.07) is 2.09. The van der Waals surface area contributed by atoms with Crippen molar-refractivity contribution in [3.05, 3.63) is 18.1 Å². The van der Waals surface area contributed by atoms with Gasteiger partial charge in [0, 0.05) is 18.0 Å². The van der Waals surface area contributed by atoms with Gasteiger partial charge in [0.2, 0.25) is 0 Å². The van der Waals surface area contributed by atoms with Crippen molar-refractivity contribution in [3.8, 4) is 0 Å². The molecule has 1 N–H and O–H groups in total. The highest BCUT2D eigenvalue weighted by atomic mass is 15.0. The largest absolute Gasteiger partial charge is 0.370 e. The molecule has 1 saturated carbocycles. The van der Waals surface area contributed by atoms with E-state index in [9.17, 15) is 0 Å². The molecular weight excluding hydrogens is 198 g/mol. The van der Waals surface area contributed by atoms with E-state index in [0.29, 0.717) is 0 Å². The average Bonchev–Trinajstić information content (AvgIpc) is 3.11. The Labute approximate surface area is 97.7 Å². The molecule has 1 aliphatic carbocycles. The zero-order valence-corrected chi connectivity index (χ0v) is 10.5. The molecule has 0 saturated heterocycles. The fourth-order valence-electron chi connectivity index (χ4n) is 1.58. The Morgan fingerprint density at radius 2 is 2.12 bits per heavy atom. The third kappa shape index (κ3) is 2.71. The van der Waals surface area contributed by atoms with Crippen LogP contribution < -0.4 is 5.32 Å². The Morgan fingerprint density at radius 1 is 1.38 bits per heavy atom. The van der Waals surface area contributed by atoms with Gasteiger partial charge in [-0.3, -0.25) is 0 Å². The van der Waals surface area contributed by atoms with Gasteiger partial charge in [-0.15, -0.1) is 0 Å². The van der Waals surface area contributed by atoms with Crippen molar-refractivity contribution in [1.29, 1.82) is 0 Å². The molecule has 1 heterocycles. The Morgan fingerprint density at radius 3 is 2.75 bits per heavy atom. The van der Waals surface area contributed by atoms with Crippen molar-refractivity contribution in [3.63, 3.8) is 0 Å². The molecule has 1 aromatic heterocycles. The molecule has 2 rings (SSSR count). The number of rotatable bonds is 5. The number of nitrogens with one attached hydrogen (secondary N) is 1. The van der Waals surface area contributed by atoms with E-state index in [1.165, 1.54) is 12.8 Å². The second-order valence-electron chi connectivity index (χ2n) is 5.35. The smallest absolute Gasteiger partial charge is 0.129 e. The lowest BCUT2D eigenvalue weighted by Gasteiger charge is -2.22. The fourth-order valence-corrected chi connectivity index (χ4v) is 1.58. The molecule has 1 aromatic rings. The summed E-state index contributed by atoms with van der Waals surface area (Å²) < 4.78 is 0. The van der Waals surface area contributed by atoms with Crippen LogP contribution in [0.4, 0.5) is 5.82 Å². The summed E-state index contributed by atoms with van der Waals surface area (Å²) in [5.74, 6) is 1.84. The molecule has 3 heteroatoms. The molecule has 1 aliphatic rings. The zero-order chi connectivity index (χ0) is 11.6. The Bertz CT molecular complexity index is 356. The first-order valence-electron chi connectivity index (χ1n) is 6.18. The van der Waals surface area contributed by atoms with Crippen molar-refractivity contribution < 1.29 is 0 Å². The van der Waals surface area contributed by atoms with Crippen molar-refractivity contribution in [2.24, 2.45) is 5.92 Å². The maximum Gasteiger partial charge on any atom is 0.129 e. The molecule has 0 radical (unpaired) electrons. The number of nitrogens with zero attached hydrogens (tertiary/aromatic N) is 2. The monoisotopic (exact) mass is 219 g/mol. The average molecular weight is 219 g/mol. The predicted octanol–water partition coefficient (Wildman–Crippen LogP) is 2.99. The van der Waals surface area contributed by atoms with Gasteiger partial charge in [-0.1, -0.05) is 20.8 Å². The van der Waals surface area contributed by atoms with Crippen molar-refractivity contribution in [1.82, 2.24) is 9.97 Å². The first-order chi connectivity index (χ1) is 7.62. The maximum atomic E-state index is 4.37. The van der Waals surface area contributed by atoms with Gasteiger partial charge in [0.05, 0.1) is 5.69 Å². The minimum Gasteiger partial charge on any atom is -0.370 e. The molecule has 0 amide bonds. The topological polar surface area (TPSA) is 37.8 Å². The third-order valence-electron chi connectivity index (χ3n) is 3.51. The summed E-state index contributed by atoms with van der Waals surface area (Å²) >= 11 is 0. The Hall–Kier alpha value is -1.12. The molecule has 0 aromatic carbocycles. The van der Waals surface area contributed by atoms with Crippen molar-refractivity contribution in [2.45, 2.75) is 45.4 Å². The van der Waals surface area contributed by atoms with E-state index in [4.69, 9.17) is 0 Å². The van der Waals surface area contributed by atoms with E-state index >= 15 is 0 Å². The summed E-state index contributed by atoms with van der Waals surface area (Å²) in [6.07, 6.45) is 5.49. The summed E-state index contributed by atoms with van der Waals surface area (Å²) in [7, 11) is 0. The summed E-state index contributed by atoms with van der Waals surface area (Å²) in [6.45, 7) is 7.70. The van der Waals surface area contributed by atoms with Crippen LogP contribution >= 0.6 is 0 Å². The number of anilines is 1. The van der Waals surface area contributed by atoms with Gasteiger partial charge in [-0.25, -0.2) is 9.97 Å². The molecule has 0 spiro atoms. The van der Waals surface area contributed by atoms with Crippen LogP contribution in [-0.2, 0) is 5.41 Å². The van der Waals surface area contributed by atoms with Crippen LogP contribution in [-0.4, -0.2) is 16.5 Å². The second kappa shape index (κ2) is 4.40. The number of hydrogen-bond donors (Lipinski definition) is 1.